The largest absolute Gasteiger partial charge is 0.350 e. The van der Waals surface area contributed by atoms with Crippen LogP contribution in [0, 0.1) is 11.7 Å². The van der Waals surface area contributed by atoms with Gasteiger partial charge in [-0.15, -0.1) is 0 Å². The van der Waals surface area contributed by atoms with Gasteiger partial charge in [-0.1, -0.05) is 18.2 Å². The smallest absolute Gasteiger partial charge is 0.256 e. The molecule has 1 atom stereocenters. The Morgan fingerprint density at radius 3 is 2.86 bits per heavy atom. The van der Waals surface area contributed by atoms with E-state index in [4.69, 9.17) is 10.8 Å². The predicted octanol–water partition coefficient (Wildman–Crippen LogP) is 5.43. The highest BCUT2D eigenvalue weighted by Crippen LogP contribution is 2.36. The zero-order chi connectivity index (χ0) is 24.8. The van der Waals surface area contributed by atoms with E-state index in [0.29, 0.717) is 12.1 Å². The summed E-state index contributed by atoms with van der Waals surface area (Å²) in [5.74, 6) is 7.33. The third-order valence-corrected chi connectivity index (χ3v) is 7.49. The van der Waals surface area contributed by atoms with Gasteiger partial charge in [0, 0.05) is 42.5 Å². The number of hydrazine groups is 1. The summed E-state index contributed by atoms with van der Waals surface area (Å²) in [5, 5.41) is 2.45. The number of aromatic nitrogens is 1. The van der Waals surface area contributed by atoms with E-state index in [-0.39, 0.29) is 17.8 Å². The van der Waals surface area contributed by atoms with Crippen molar-refractivity contribution in [2.24, 2.45) is 23.8 Å². The lowest BCUT2D eigenvalue weighted by Crippen LogP contribution is -2.30. The van der Waals surface area contributed by atoms with Crippen LogP contribution in [0.4, 0.5) is 4.39 Å². The first-order chi connectivity index (χ1) is 17.5. The number of aliphatic imine (C=N–C) groups is 1. The van der Waals surface area contributed by atoms with Gasteiger partial charge in [0.15, 0.2) is 0 Å². The molecule has 1 aliphatic carbocycles. The number of fused-ring (bicyclic) bond motifs is 1. The molecule has 6 nitrogen and oxygen atoms in total. The van der Waals surface area contributed by atoms with E-state index in [1.54, 1.807) is 17.1 Å². The van der Waals surface area contributed by atoms with Crippen molar-refractivity contribution in [1.82, 2.24) is 14.5 Å². The molecule has 2 fully saturated rings. The molecule has 1 saturated carbocycles. The molecule has 36 heavy (non-hydrogen) atoms. The zero-order valence-electron chi connectivity index (χ0n) is 20.4. The highest BCUT2D eigenvalue weighted by molar-refractivity contribution is 6.14. The van der Waals surface area contributed by atoms with Crippen LogP contribution in [0.5, 0.6) is 0 Å². The van der Waals surface area contributed by atoms with E-state index in [1.807, 2.05) is 59.3 Å². The second-order valence-electron chi connectivity index (χ2n) is 10.1. The molecular weight excluding hydrogens is 453 g/mol. The normalized spacial score (nSPS) is 21.0. The number of amides is 1. The Morgan fingerprint density at radius 1 is 1.19 bits per heavy atom. The molecule has 1 saturated heterocycles. The van der Waals surface area contributed by atoms with Crippen LogP contribution in [-0.2, 0) is 7.05 Å². The lowest BCUT2D eigenvalue weighted by atomic mass is 10.0. The number of carbonyl (C=O) groups excluding carboxylic acids is 1. The van der Waals surface area contributed by atoms with E-state index in [2.05, 4.69) is 6.08 Å². The van der Waals surface area contributed by atoms with Crippen LogP contribution in [-0.4, -0.2) is 32.6 Å². The van der Waals surface area contributed by atoms with Gasteiger partial charge in [0.25, 0.3) is 5.91 Å². The maximum absolute atomic E-state index is 13.9. The summed E-state index contributed by atoms with van der Waals surface area (Å²) in [6.45, 7) is 0.660. The van der Waals surface area contributed by atoms with Crippen molar-refractivity contribution < 1.29 is 9.18 Å². The molecule has 1 aromatic heterocycles. The number of halogens is 1. The van der Waals surface area contributed by atoms with Gasteiger partial charge in [-0.25, -0.2) is 15.2 Å². The molecule has 6 rings (SSSR count). The zero-order valence-corrected chi connectivity index (χ0v) is 20.4. The first kappa shape index (κ1) is 22.7. The molecule has 7 heteroatoms. The fraction of sp³-hybridized carbons (Fsp3) is 0.310. The van der Waals surface area contributed by atoms with E-state index in [1.165, 1.54) is 18.9 Å². The van der Waals surface area contributed by atoms with Gasteiger partial charge >= 0.3 is 0 Å². The lowest BCUT2D eigenvalue weighted by molar-refractivity contribution is 0.0737. The van der Waals surface area contributed by atoms with E-state index in [9.17, 15) is 9.18 Å². The van der Waals surface area contributed by atoms with Gasteiger partial charge in [-0.2, -0.15) is 0 Å². The number of nitrogens with two attached hydrogens (primary N) is 1. The molecule has 0 spiro atoms. The Kier molecular flexibility index (Phi) is 5.72. The maximum atomic E-state index is 13.9. The Morgan fingerprint density at radius 2 is 2.06 bits per heavy atom. The summed E-state index contributed by atoms with van der Waals surface area (Å²) in [4.78, 5) is 20.5. The molecule has 2 N–H and O–H groups in total. The van der Waals surface area contributed by atoms with Crippen molar-refractivity contribution in [1.29, 1.82) is 0 Å². The Bertz CT molecular complexity index is 1430. The number of carbonyl (C=O) groups is 1. The standard InChI is InChI=1S/C29H30FN5O/c1-33-18-24(29(36)34-14-3-6-26(34)21-4-2-5-22(30)16-21)23-17-20(10-11-27(23)33)25-13-15-35(31)28(32-25)12-9-19-7-8-19/h2,4-5,10-13,15-19,26H,3,6-9,14,31H2,1H3/b28-12-. The van der Waals surface area contributed by atoms with Crippen LogP contribution in [0.3, 0.4) is 0 Å². The predicted molar refractivity (Wildman–Crippen MR) is 139 cm³/mol. The average molecular weight is 484 g/mol. The third-order valence-electron chi connectivity index (χ3n) is 7.49. The van der Waals surface area contributed by atoms with Gasteiger partial charge < -0.3 is 9.47 Å². The molecular formula is C29H30FN5O. The molecule has 0 radical (unpaired) electrons. The lowest BCUT2D eigenvalue weighted by Gasteiger charge is -2.25. The molecule has 1 unspecified atom stereocenters. The fourth-order valence-corrected chi connectivity index (χ4v) is 5.33. The second-order valence-corrected chi connectivity index (χ2v) is 10.1. The van der Waals surface area contributed by atoms with Crippen molar-refractivity contribution in [2.75, 3.05) is 6.54 Å². The Balaban J connectivity index is 1.34. The molecule has 184 valence electrons. The first-order valence-corrected chi connectivity index (χ1v) is 12.6. The highest BCUT2D eigenvalue weighted by Gasteiger charge is 2.32. The van der Waals surface area contributed by atoms with Crippen molar-refractivity contribution in [3.8, 4) is 0 Å². The Hall–Kier alpha value is -3.71. The number of aryl methyl sites for hydroxylation is 1. The molecule has 3 heterocycles. The third kappa shape index (κ3) is 4.24. The summed E-state index contributed by atoms with van der Waals surface area (Å²) < 4.78 is 15.9. The van der Waals surface area contributed by atoms with Crippen LogP contribution in [0.2, 0.25) is 0 Å². The van der Waals surface area contributed by atoms with Crippen LogP contribution >= 0.6 is 0 Å². The minimum atomic E-state index is -0.274. The van der Waals surface area contributed by atoms with Crippen LogP contribution < -0.4 is 5.84 Å². The quantitative estimate of drug-likeness (QED) is 0.492. The van der Waals surface area contributed by atoms with Crippen LogP contribution in [0.15, 0.2) is 77.8 Å². The number of nitrogens with zero attached hydrogens (tertiary/aromatic N) is 4. The molecule has 3 aliphatic rings. The van der Waals surface area contributed by atoms with E-state index in [0.717, 1.165) is 58.7 Å². The highest BCUT2D eigenvalue weighted by atomic mass is 19.1. The average Bonchev–Trinajstić information content (AvgIpc) is 3.47. The SMILES string of the molecule is Cn1cc(C(=O)N2CCCC2c2cccc(F)c2)c2cc(C3=N/C(=C/CC4CC4)N(N)C=C3)ccc21. The van der Waals surface area contributed by atoms with Gasteiger partial charge in [0.1, 0.15) is 11.6 Å². The van der Waals surface area contributed by atoms with Crippen molar-refractivity contribution in [2.45, 2.75) is 38.1 Å². The second kappa shape index (κ2) is 9.06. The van der Waals surface area contributed by atoms with Crippen molar-refractivity contribution >= 4 is 22.5 Å². The van der Waals surface area contributed by atoms with Crippen molar-refractivity contribution in [3.63, 3.8) is 0 Å². The van der Waals surface area contributed by atoms with E-state index < -0.39 is 0 Å². The Labute approximate surface area is 210 Å². The summed E-state index contributed by atoms with van der Waals surface area (Å²) in [6.07, 6.45) is 13.0. The number of rotatable bonds is 5. The fourth-order valence-electron chi connectivity index (χ4n) is 5.33. The summed E-state index contributed by atoms with van der Waals surface area (Å²) in [6, 6.07) is 12.6. The number of allylic oxidation sites excluding steroid dienone is 2. The number of benzene rings is 2. The number of hydrogen-bond donors (Lipinski definition) is 1. The number of likely N-dealkylation sites (tertiary alicyclic amines) is 1. The van der Waals surface area contributed by atoms with Crippen molar-refractivity contribution in [3.05, 3.63) is 95.3 Å². The van der Waals surface area contributed by atoms with Gasteiger partial charge in [-0.05, 0) is 80.0 Å². The summed E-state index contributed by atoms with van der Waals surface area (Å²) in [7, 11) is 1.95. The molecule has 2 aliphatic heterocycles. The van der Waals surface area contributed by atoms with E-state index >= 15 is 0 Å². The minimum Gasteiger partial charge on any atom is -0.350 e. The monoisotopic (exact) mass is 483 g/mol. The van der Waals surface area contributed by atoms with Gasteiger partial charge in [0.2, 0.25) is 0 Å². The van der Waals surface area contributed by atoms with Gasteiger partial charge in [0.05, 0.1) is 17.3 Å². The first-order valence-electron chi connectivity index (χ1n) is 12.6. The maximum Gasteiger partial charge on any atom is 0.256 e. The number of hydrogen-bond acceptors (Lipinski definition) is 4. The molecule has 0 bridgehead atoms. The molecule has 2 aromatic carbocycles. The van der Waals surface area contributed by atoms with Gasteiger partial charge in [-0.3, -0.25) is 9.80 Å². The summed E-state index contributed by atoms with van der Waals surface area (Å²) in [5.41, 5.74) is 4.24. The van der Waals surface area contributed by atoms with Crippen LogP contribution in [0.1, 0.15) is 59.6 Å². The molecule has 1 amide bonds. The topological polar surface area (TPSA) is 66.9 Å². The molecule has 3 aromatic rings. The van der Waals surface area contributed by atoms with Crippen LogP contribution in [0.25, 0.3) is 10.9 Å². The summed E-state index contributed by atoms with van der Waals surface area (Å²) >= 11 is 0. The minimum absolute atomic E-state index is 0.0243.